The van der Waals surface area contributed by atoms with E-state index in [9.17, 15) is 13.2 Å². The zero-order valence-electron chi connectivity index (χ0n) is 9.62. The van der Waals surface area contributed by atoms with Crippen molar-refractivity contribution in [2.24, 2.45) is 5.92 Å². The van der Waals surface area contributed by atoms with Crippen molar-refractivity contribution in [3.05, 3.63) is 27.7 Å². The van der Waals surface area contributed by atoms with Crippen molar-refractivity contribution in [2.45, 2.75) is 17.7 Å². The first kappa shape index (κ1) is 14.9. The summed E-state index contributed by atoms with van der Waals surface area (Å²) in [6.45, 7) is 0.531. The fourth-order valence-electron chi connectivity index (χ4n) is 1.58. The molecular weight excluding hydrogens is 333 g/mol. The van der Waals surface area contributed by atoms with E-state index < -0.39 is 15.0 Å². The number of carbonyl (C=O) groups excluding carboxylic acids is 1. The Labute approximate surface area is 125 Å². The summed E-state index contributed by atoms with van der Waals surface area (Å²) >= 11 is 11.8. The van der Waals surface area contributed by atoms with Crippen molar-refractivity contribution in [2.75, 3.05) is 6.54 Å². The maximum atomic E-state index is 12.0. The van der Waals surface area contributed by atoms with E-state index in [2.05, 4.69) is 5.32 Å². The van der Waals surface area contributed by atoms with Crippen LogP contribution in [0.4, 0.5) is 0 Å². The van der Waals surface area contributed by atoms with Gasteiger partial charge in [0.15, 0.2) is 0 Å². The number of nitrogens with one attached hydrogen (secondary N) is 1. The quantitative estimate of drug-likeness (QED) is 0.855. The molecule has 1 aliphatic rings. The summed E-state index contributed by atoms with van der Waals surface area (Å²) in [4.78, 5) is 11.7. The van der Waals surface area contributed by atoms with Crippen molar-refractivity contribution in [1.82, 2.24) is 5.32 Å². The minimum absolute atomic E-state index is 0.0642. The minimum atomic E-state index is -4.02. The van der Waals surface area contributed by atoms with Crippen LogP contribution in [0, 0.1) is 5.92 Å². The molecular formula is C11H10Cl3NO3S. The molecule has 0 aliphatic heterocycles. The minimum Gasteiger partial charge on any atom is -0.352 e. The number of benzene rings is 1. The maximum Gasteiger partial charge on any atom is 0.262 e. The van der Waals surface area contributed by atoms with Gasteiger partial charge >= 0.3 is 0 Å². The first-order valence-corrected chi connectivity index (χ1v) is 8.58. The molecule has 0 atom stereocenters. The molecule has 8 heteroatoms. The molecule has 0 heterocycles. The normalized spacial score (nSPS) is 15.3. The van der Waals surface area contributed by atoms with Crippen LogP contribution in [-0.4, -0.2) is 20.9 Å². The zero-order chi connectivity index (χ0) is 14.2. The van der Waals surface area contributed by atoms with E-state index in [1.807, 2.05) is 0 Å². The number of carbonyl (C=O) groups is 1. The highest BCUT2D eigenvalue weighted by Crippen LogP contribution is 2.33. The Bertz CT molecular complexity index is 626. The van der Waals surface area contributed by atoms with Gasteiger partial charge in [0, 0.05) is 17.2 Å². The lowest BCUT2D eigenvalue weighted by molar-refractivity contribution is 0.0952. The van der Waals surface area contributed by atoms with E-state index in [1.54, 1.807) is 0 Å². The molecule has 1 amide bonds. The van der Waals surface area contributed by atoms with Crippen LogP contribution in [0.3, 0.4) is 0 Å². The summed E-state index contributed by atoms with van der Waals surface area (Å²) < 4.78 is 22.6. The van der Waals surface area contributed by atoms with Crippen LogP contribution in [0.25, 0.3) is 0 Å². The number of halogens is 3. The predicted molar refractivity (Wildman–Crippen MR) is 74.6 cm³/mol. The molecule has 0 saturated heterocycles. The molecule has 1 fully saturated rings. The van der Waals surface area contributed by atoms with Crippen molar-refractivity contribution in [3.8, 4) is 0 Å². The van der Waals surface area contributed by atoms with Crippen LogP contribution in [0.2, 0.25) is 10.0 Å². The molecule has 0 radical (unpaired) electrons. The molecule has 1 saturated carbocycles. The largest absolute Gasteiger partial charge is 0.352 e. The second-order valence-corrected chi connectivity index (χ2v) is 7.65. The Morgan fingerprint density at radius 3 is 2.47 bits per heavy atom. The third-order valence-corrected chi connectivity index (χ3v) is 4.98. The Morgan fingerprint density at radius 2 is 1.95 bits per heavy atom. The van der Waals surface area contributed by atoms with Gasteiger partial charge in [0.05, 0.1) is 15.6 Å². The number of rotatable bonds is 4. The van der Waals surface area contributed by atoms with Gasteiger partial charge in [0.1, 0.15) is 4.90 Å². The molecule has 19 heavy (non-hydrogen) atoms. The Hall–Kier alpha value is -0.490. The first-order chi connectivity index (χ1) is 8.80. The third kappa shape index (κ3) is 3.54. The third-order valence-electron chi connectivity index (χ3n) is 2.79. The molecule has 0 spiro atoms. The van der Waals surface area contributed by atoms with E-state index in [-0.39, 0.29) is 20.5 Å². The van der Waals surface area contributed by atoms with Gasteiger partial charge in [0.25, 0.3) is 15.0 Å². The van der Waals surface area contributed by atoms with Crippen LogP contribution < -0.4 is 5.32 Å². The van der Waals surface area contributed by atoms with Crippen molar-refractivity contribution >= 4 is 48.8 Å². The van der Waals surface area contributed by atoms with Gasteiger partial charge in [-0.1, -0.05) is 23.2 Å². The fourth-order valence-corrected chi connectivity index (χ4v) is 3.48. The lowest BCUT2D eigenvalue weighted by Crippen LogP contribution is -2.26. The highest BCUT2D eigenvalue weighted by Gasteiger charge is 2.26. The van der Waals surface area contributed by atoms with Gasteiger partial charge in [0.2, 0.25) is 0 Å². The van der Waals surface area contributed by atoms with Gasteiger partial charge in [-0.3, -0.25) is 4.79 Å². The number of hydrogen-bond donors (Lipinski definition) is 1. The lowest BCUT2D eigenvalue weighted by atomic mass is 10.2. The molecule has 1 aromatic rings. The van der Waals surface area contributed by atoms with E-state index in [4.69, 9.17) is 33.9 Å². The monoisotopic (exact) mass is 341 g/mol. The molecule has 0 aromatic heterocycles. The SMILES string of the molecule is O=C(NCC1CC1)c1c(Cl)ccc(S(=O)(=O)Cl)c1Cl. The summed E-state index contributed by atoms with van der Waals surface area (Å²) in [5, 5.41) is 2.51. The van der Waals surface area contributed by atoms with Crippen LogP contribution in [0.5, 0.6) is 0 Å². The van der Waals surface area contributed by atoms with Crippen LogP contribution in [0.1, 0.15) is 23.2 Å². The molecule has 0 bridgehead atoms. The zero-order valence-corrected chi connectivity index (χ0v) is 12.7. The molecule has 4 nitrogen and oxygen atoms in total. The van der Waals surface area contributed by atoms with E-state index in [1.165, 1.54) is 12.1 Å². The molecule has 2 rings (SSSR count). The van der Waals surface area contributed by atoms with Crippen LogP contribution in [0.15, 0.2) is 17.0 Å². The summed E-state index contributed by atoms with van der Waals surface area (Å²) in [5.41, 5.74) is -0.0642. The van der Waals surface area contributed by atoms with Gasteiger partial charge in [-0.2, -0.15) is 0 Å². The summed E-state index contributed by atoms with van der Waals surface area (Å²) in [5.74, 6) is -0.00879. The summed E-state index contributed by atoms with van der Waals surface area (Å²) in [7, 11) is 1.22. The number of amides is 1. The lowest BCUT2D eigenvalue weighted by Gasteiger charge is -2.10. The maximum absolute atomic E-state index is 12.0. The van der Waals surface area contributed by atoms with Crippen LogP contribution >= 0.6 is 33.9 Å². The highest BCUT2D eigenvalue weighted by molar-refractivity contribution is 8.13. The highest BCUT2D eigenvalue weighted by atomic mass is 35.7. The Morgan fingerprint density at radius 1 is 1.32 bits per heavy atom. The molecule has 104 valence electrons. The van der Waals surface area contributed by atoms with Crippen molar-refractivity contribution in [1.29, 1.82) is 0 Å². The smallest absolute Gasteiger partial charge is 0.262 e. The van der Waals surface area contributed by atoms with E-state index in [0.29, 0.717) is 12.5 Å². The Kier molecular flexibility index (Phi) is 4.30. The Balaban J connectivity index is 2.34. The fraction of sp³-hybridized carbons (Fsp3) is 0.364. The van der Waals surface area contributed by atoms with Crippen molar-refractivity contribution in [3.63, 3.8) is 0 Å². The van der Waals surface area contributed by atoms with E-state index in [0.717, 1.165) is 12.8 Å². The first-order valence-electron chi connectivity index (χ1n) is 5.51. The van der Waals surface area contributed by atoms with Crippen molar-refractivity contribution < 1.29 is 13.2 Å². The molecule has 1 N–H and O–H groups in total. The molecule has 0 unspecified atom stereocenters. The second kappa shape index (κ2) is 5.48. The van der Waals surface area contributed by atoms with E-state index >= 15 is 0 Å². The van der Waals surface area contributed by atoms with Crippen LogP contribution in [-0.2, 0) is 9.05 Å². The average molecular weight is 343 g/mol. The van der Waals surface area contributed by atoms with Gasteiger partial charge in [-0.15, -0.1) is 0 Å². The second-order valence-electron chi connectivity index (χ2n) is 4.33. The standard InChI is InChI=1S/C11H10Cl3NO3S/c12-7-3-4-8(19(14,17)18)10(13)9(7)11(16)15-5-6-1-2-6/h3-4,6H,1-2,5H2,(H,15,16). The molecule has 1 aliphatic carbocycles. The summed E-state index contributed by atoms with van der Waals surface area (Å²) in [6.07, 6.45) is 2.16. The van der Waals surface area contributed by atoms with Gasteiger partial charge in [-0.25, -0.2) is 8.42 Å². The number of hydrogen-bond acceptors (Lipinski definition) is 3. The average Bonchev–Trinajstić information content (AvgIpc) is 3.08. The van der Waals surface area contributed by atoms with Gasteiger partial charge < -0.3 is 5.32 Å². The summed E-state index contributed by atoms with van der Waals surface area (Å²) in [6, 6.07) is 2.46. The molecule has 1 aromatic carbocycles. The van der Waals surface area contributed by atoms with Gasteiger partial charge in [-0.05, 0) is 30.9 Å². The topological polar surface area (TPSA) is 63.2 Å². The predicted octanol–water partition coefficient (Wildman–Crippen LogP) is 3.06.